The topological polar surface area (TPSA) is 74.6 Å². The molecule has 1 amide bonds. The number of imidazole rings is 1. The Hall–Kier alpha value is -1.32. The van der Waals surface area contributed by atoms with E-state index >= 15 is 0 Å². The summed E-state index contributed by atoms with van der Waals surface area (Å²) in [5, 5.41) is 6.18. The number of carbonyl (C=O) groups is 1. The molecule has 0 radical (unpaired) electrons. The lowest BCUT2D eigenvalue weighted by Crippen LogP contribution is -2.42. The third-order valence-electron chi connectivity index (χ3n) is 3.52. The highest BCUT2D eigenvalue weighted by molar-refractivity contribution is 14.0. The molecule has 124 valence electrons. The van der Waals surface area contributed by atoms with Gasteiger partial charge in [0.15, 0.2) is 5.96 Å². The van der Waals surface area contributed by atoms with Crippen molar-refractivity contribution in [1.29, 1.82) is 0 Å². The van der Waals surface area contributed by atoms with E-state index < -0.39 is 0 Å². The van der Waals surface area contributed by atoms with Gasteiger partial charge in [-0.15, -0.1) is 24.0 Å². The van der Waals surface area contributed by atoms with Crippen LogP contribution in [-0.4, -0.2) is 54.0 Å². The maximum absolute atomic E-state index is 11.5. The Morgan fingerprint density at radius 2 is 2.18 bits per heavy atom. The molecule has 1 aromatic rings. The minimum atomic E-state index is 0. The molecule has 1 aromatic heterocycles. The number of aryl methyl sites for hydroxylation is 2. The van der Waals surface area contributed by atoms with E-state index in [4.69, 9.17) is 0 Å². The van der Waals surface area contributed by atoms with Crippen LogP contribution in [0.5, 0.6) is 0 Å². The first-order chi connectivity index (χ1) is 10.1. The van der Waals surface area contributed by atoms with E-state index in [2.05, 4.69) is 31.4 Å². The second kappa shape index (κ2) is 8.96. The van der Waals surface area contributed by atoms with Crippen molar-refractivity contribution in [3.05, 3.63) is 17.7 Å². The molecule has 7 nitrogen and oxygen atoms in total. The maximum atomic E-state index is 11.5. The van der Waals surface area contributed by atoms with Crippen molar-refractivity contribution in [3.63, 3.8) is 0 Å². The van der Waals surface area contributed by atoms with Crippen LogP contribution in [0, 0.1) is 0 Å². The van der Waals surface area contributed by atoms with Gasteiger partial charge in [-0.25, -0.2) is 4.98 Å². The Labute approximate surface area is 148 Å². The van der Waals surface area contributed by atoms with Crippen LogP contribution in [0.25, 0.3) is 0 Å². The number of carbonyl (C=O) groups excluding carboxylic acids is 1. The summed E-state index contributed by atoms with van der Waals surface area (Å²) in [4.78, 5) is 21.8. The smallest absolute Gasteiger partial charge is 0.241 e. The highest BCUT2D eigenvalue weighted by Gasteiger charge is 2.12. The van der Waals surface area contributed by atoms with E-state index in [0.717, 1.165) is 18.7 Å². The van der Waals surface area contributed by atoms with Crippen LogP contribution >= 0.6 is 24.0 Å². The minimum absolute atomic E-state index is 0. The summed E-state index contributed by atoms with van der Waals surface area (Å²) < 4.78 is 2.23. The number of halogens is 1. The highest BCUT2D eigenvalue weighted by Crippen LogP contribution is 2.14. The van der Waals surface area contributed by atoms with Crippen molar-refractivity contribution in [2.24, 2.45) is 4.99 Å². The van der Waals surface area contributed by atoms with Crippen LogP contribution in [-0.2, 0) is 24.3 Å². The van der Waals surface area contributed by atoms with Gasteiger partial charge < -0.3 is 20.1 Å². The highest BCUT2D eigenvalue weighted by atomic mass is 127. The molecule has 0 bridgehead atoms. The molecule has 0 spiro atoms. The number of aromatic nitrogens is 2. The summed E-state index contributed by atoms with van der Waals surface area (Å²) in [5.74, 6) is 1.79. The van der Waals surface area contributed by atoms with Crippen molar-refractivity contribution < 1.29 is 4.79 Å². The van der Waals surface area contributed by atoms with Gasteiger partial charge >= 0.3 is 0 Å². The number of aliphatic imine (C=N–C) groups is 1. The zero-order valence-corrected chi connectivity index (χ0v) is 15.8. The number of hydrogen-bond donors (Lipinski definition) is 2. The molecule has 0 unspecified atom stereocenters. The Morgan fingerprint density at radius 1 is 1.41 bits per heavy atom. The molecular formula is C14H25IN6O. The normalized spacial score (nSPS) is 13.9. The Morgan fingerprint density at radius 3 is 2.82 bits per heavy atom. The first kappa shape index (κ1) is 18.7. The Bertz CT molecular complexity index is 502. The predicted molar refractivity (Wildman–Crippen MR) is 97.5 cm³/mol. The average molecular weight is 420 g/mol. The molecule has 0 aliphatic carbocycles. The van der Waals surface area contributed by atoms with Gasteiger partial charge in [-0.1, -0.05) is 0 Å². The fraction of sp³-hybridized carbons (Fsp3) is 0.643. The first-order valence-electron chi connectivity index (χ1n) is 7.29. The third kappa shape index (κ3) is 5.15. The van der Waals surface area contributed by atoms with Gasteiger partial charge in [0, 0.05) is 40.3 Å². The number of rotatable bonds is 4. The molecule has 2 heterocycles. The molecule has 2 N–H and O–H groups in total. The van der Waals surface area contributed by atoms with Crippen LogP contribution < -0.4 is 10.6 Å². The molecule has 0 fully saturated rings. The van der Waals surface area contributed by atoms with Gasteiger partial charge in [0.25, 0.3) is 0 Å². The van der Waals surface area contributed by atoms with Crippen molar-refractivity contribution in [2.45, 2.75) is 32.4 Å². The first-order valence-corrected chi connectivity index (χ1v) is 7.29. The third-order valence-corrected chi connectivity index (χ3v) is 3.52. The van der Waals surface area contributed by atoms with Gasteiger partial charge in [0.05, 0.1) is 18.8 Å². The molecule has 8 heteroatoms. The summed E-state index contributed by atoms with van der Waals surface area (Å²) in [6.07, 6.45) is 5.61. The van der Waals surface area contributed by atoms with Gasteiger partial charge in [-0.3, -0.25) is 9.79 Å². The van der Waals surface area contributed by atoms with E-state index in [-0.39, 0.29) is 36.4 Å². The van der Waals surface area contributed by atoms with Crippen molar-refractivity contribution >= 4 is 35.8 Å². The zero-order valence-electron chi connectivity index (χ0n) is 13.4. The second-order valence-corrected chi connectivity index (χ2v) is 5.37. The van der Waals surface area contributed by atoms with Crippen LogP contribution in [0.3, 0.4) is 0 Å². The number of hydrogen-bond acceptors (Lipinski definition) is 3. The van der Waals surface area contributed by atoms with Crippen molar-refractivity contribution in [1.82, 2.24) is 25.1 Å². The van der Waals surface area contributed by atoms with E-state index in [0.29, 0.717) is 12.5 Å². The summed E-state index contributed by atoms with van der Waals surface area (Å²) in [7, 11) is 5.15. The van der Waals surface area contributed by atoms with E-state index in [9.17, 15) is 4.79 Å². The van der Waals surface area contributed by atoms with Crippen LogP contribution in [0.2, 0.25) is 0 Å². The lowest BCUT2D eigenvalue weighted by atomic mass is 10.2. The molecule has 1 aliphatic heterocycles. The molecule has 0 saturated heterocycles. The van der Waals surface area contributed by atoms with E-state index in [1.807, 2.05) is 0 Å². The summed E-state index contributed by atoms with van der Waals surface area (Å²) >= 11 is 0. The number of amides is 1. The molecule has 0 saturated carbocycles. The number of guanidine groups is 1. The van der Waals surface area contributed by atoms with Crippen LogP contribution in [0.1, 0.15) is 24.4 Å². The molecular weight excluding hydrogens is 395 g/mol. The summed E-state index contributed by atoms with van der Waals surface area (Å²) in [5.41, 5.74) is 1.01. The van der Waals surface area contributed by atoms with Gasteiger partial charge in [0.2, 0.25) is 5.91 Å². The van der Waals surface area contributed by atoms with Gasteiger partial charge in [-0.05, 0) is 12.8 Å². The summed E-state index contributed by atoms with van der Waals surface area (Å²) in [6.45, 7) is 1.90. The monoisotopic (exact) mass is 420 g/mol. The maximum Gasteiger partial charge on any atom is 0.241 e. The SMILES string of the molecule is CN=C(NCC(=O)N(C)C)NCc1cn2c(n1)CCCC2.I. The van der Waals surface area contributed by atoms with Crippen LogP contribution in [0.15, 0.2) is 11.2 Å². The van der Waals surface area contributed by atoms with E-state index in [1.165, 1.54) is 18.7 Å². The zero-order chi connectivity index (χ0) is 15.2. The lowest BCUT2D eigenvalue weighted by molar-refractivity contribution is -0.127. The quantitative estimate of drug-likeness (QED) is 0.425. The number of fused-ring (bicyclic) bond motifs is 1. The molecule has 0 aromatic carbocycles. The van der Waals surface area contributed by atoms with Gasteiger partial charge in [-0.2, -0.15) is 0 Å². The van der Waals surface area contributed by atoms with Crippen molar-refractivity contribution in [2.75, 3.05) is 27.7 Å². The van der Waals surface area contributed by atoms with Gasteiger partial charge in [0.1, 0.15) is 5.82 Å². The molecule has 22 heavy (non-hydrogen) atoms. The fourth-order valence-electron chi connectivity index (χ4n) is 2.27. The average Bonchev–Trinajstić information content (AvgIpc) is 2.89. The minimum Gasteiger partial charge on any atom is -0.351 e. The van der Waals surface area contributed by atoms with E-state index in [1.54, 1.807) is 26.0 Å². The molecule has 0 atom stereocenters. The molecule has 2 rings (SSSR count). The predicted octanol–water partition coefficient (Wildman–Crippen LogP) is 0.591. The summed E-state index contributed by atoms with van der Waals surface area (Å²) in [6, 6.07) is 0. The lowest BCUT2D eigenvalue weighted by Gasteiger charge is -2.13. The number of likely N-dealkylation sites (N-methyl/N-ethyl adjacent to an activating group) is 1. The second-order valence-electron chi connectivity index (χ2n) is 5.37. The largest absolute Gasteiger partial charge is 0.351 e. The standard InChI is InChI=1S/C14H24N6O.HI/c1-15-14(17-9-13(21)19(2)3)16-8-11-10-20-7-5-4-6-12(20)18-11;/h10H,4-9H2,1-3H3,(H2,15,16,17);1H. The number of nitrogens with zero attached hydrogens (tertiary/aromatic N) is 4. The van der Waals surface area contributed by atoms with Crippen molar-refractivity contribution in [3.8, 4) is 0 Å². The fourth-order valence-corrected chi connectivity index (χ4v) is 2.27. The Kier molecular flexibility index (Phi) is 7.63. The Balaban J connectivity index is 0.00000242. The molecule has 1 aliphatic rings. The number of nitrogens with one attached hydrogen (secondary N) is 2. The van der Waals surface area contributed by atoms with Crippen LogP contribution in [0.4, 0.5) is 0 Å².